The summed E-state index contributed by atoms with van der Waals surface area (Å²) in [5, 5.41) is 3.02. The minimum absolute atomic E-state index is 0.0364. The number of anilines is 1. The summed E-state index contributed by atoms with van der Waals surface area (Å²) in [6.45, 7) is 5.72. The zero-order chi connectivity index (χ0) is 24.5. The molecule has 2 atom stereocenters. The van der Waals surface area contributed by atoms with Crippen LogP contribution in [-0.2, 0) is 0 Å². The Kier molecular flexibility index (Phi) is 6.34. The molecule has 0 radical (unpaired) electrons. The van der Waals surface area contributed by atoms with E-state index in [4.69, 9.17) is 0 Å². The molecule has 1 unspecified atom stereocenters. The Bertz CT molecular complexity index is 1340. The molecule has 1 saturated heterocycles. The zero-order valence-electron chi connectivity index (χ0n) is 19.4. The number of fused-ring (bicyclic) bond motifs is 1. The van der Waals surface area contributed by atoms with Crippen molar-refractivity contribution in [3.63, 3.8) is 0 Å². The van der Waals surface area contributed by atoms with Crippen molar-refractivity contribution in [1.82, 2.24) is 20.2 Å². The van der Waals surface area contributed by atoms with Crippen molar-refractivity contribution < 1.29 is 13.6 Å². The van der Waals surface area contributed by atoms with E-state index < -0.39 is 0 Å². The van der Waals surface area contributed by atoms with Crippen molar-refractivity contribution in [2.45, 2.75) is 25.9 Å². The van der Waals surface area contributed by atoms with Crippen LogP contribution in [0.15, 0.2) is 60.9 Å². The molecule has 6 nitrogen and oxygen atoms in total. The fraction of sp³-hybridized carbons (Fsp3) is 0.269. The van der Waals surface area contributed by atoms with Crippen LogP contribution in [0.1, 0.15) is 25.5 Å². The maximum atomic E-state index is 13.3. The van der Waals surface area contributed by atoms with Crippen molar-refractivity contribution in [2.24, 2.45) is 0 Å². The van der Waals surface area contributed by atoms with Crippen LogP contribution in [0.4, 0.5) is 19.4 Å². The number of benzene rings is 2. The lowest BCUT2D eigenvalue weighted by atomic mass is 10.1. The van der Waals surface area contributed by atoms with Gasteiger partial charge in [-0.1, -0.05) is 24.3 Å². The third-order valence-electron chi connectivity index (χ3n) is 6.32. The maximum Gasteiger partial charge on any atom is 0.318 e. The van der Waals surface area contributed by atoms with E-state index >= 15 is 0 Å². The van der Waals surface area contributed by atoms with Gasteiger partial charge in [0.25, 0.3) is 0 Å². The topological polar surface area (TPSA) is 61.4 Å². The van der Waals surface area contributed by atoms with Crippen LogP contribution in [0.25, 0.3) is 20.7 Å². The first kappa shape index (κ1) is 23.2. The van der Waals surface area contributed by atoms with Gasteiger partial charge in [0.1, 0.15) is 23.8 Å². The van der Waals surface area contributed by atoms with Crippen LogP contribution in [-0.4, -0.2) is 46.6 Å². The number of carbonyl (C=O) groups is 1. The third kappa shape index (κ3) is 4.81. The van der Waals surface area contributed by atoms with Gasteiger partial charge in [-0.2, -0.15) is 0 Å². The van der Waals surface area contributed by atoms with Crippen LogP contribution in [0.3, 0.4) is 0 Å². The molecule has 1 aliphatic heterocycles. The summed E-state index contributed by atoms with van der Waals surface area (Å²) in [4.78, 5) is 27.0. The van der Waals surface area contributed by atoms with Crippen molar-refractivity contribution >= 4 is 33.4 Å². The molecule has 0 bridgehead atoms. The fourth-order valence-electron chi connectivity index (χ4n) is 4.38. The summed E-state index contributed by atoms with van der Waals surface area (Å²) >= 11 is 1.58. The lowest BCUT2D eigenvalue weighted by Gasteiger charge is -2.40. The monoisotopic (exact) mass is 493 g/mol. The molecule has 0 saturated carbocycles. The van der Waals surface area contributed by atoms with Crippen LogP contribution in [0, 0.1) is 11.6 Å². The molecular weight excluding hydrogens is 468 g/mol. The SMILES string of the molecule is CC1CN(c2ncnc3cc(-c4ccc(F)cc4)sc23)CCN1C(=O)N[C@@H](C)c1ccc(F)cc1. The summed E-state index contributed by atoms with van der Waals surface area (Å²) in [7, 11) is 0. The van der Waals surface area contributed by atoms with Crippen LogP contribution < -0.4 is 10.2 Å². The molecule has 3 heterocycles. The number of hydrogen-bond acceptors (Lipinski definition) is 5. The molecule has 180 valence electrons. The van der Waals surface area contributed by atoms with E-state index in [0.29, 0.717) is 19.6 Å². The summed E-state index contributed by atoms with van der Waals surface area (Å²) in [6, 6.07) is 14.2. The van der Waals surface area contributed by atoms with E-state index in [1.54, 1.807) is 41.9 Å². The van der Waals surface area contributed by atoms with E-state index in [0.717, 1.165) is 32.0 Å². The highest BCUT2D eigenvalue weighted by Gasteiger charge is 2.30. The summed E-state index contributed by atoms with van der Waals surface area (Å²) in [5.41, 5.74) is 2.63. The lowest BCUT2D eigenvalue weighted by Crippen LogP contribution is -2.57. The quantitative estimate of drug-likeness (QED) is 0.401. The molecule has 0 aliphatic carbocycles. The van der Waals surface area contributed by atoms with Crippen molar-refractivity contribution in [2.75, 3.05) is 24.5 Å². The number of rotatable bonds is 4. The Morgan fingerprint density at radius 2 is 1.74 bits per heavy atom. The number of piperazine rings is 1. The van der Waals surface area contributed by atoms with Gasteiger partial charge in [0.2, 0.25) is 0 Å². The number of urea groups is 1. The van der Waals surface area contributed by atoms with E-state index in [-0.39, 0.29) is 29.7 Å². The standard InChI is InChI=1S/C26H25F2N5OS/c1-16-14-32(11-12-33(16)26(34)31-17(2)18-3-7-20(27)8-4-18)25-24-22(29-15-30-25)13-23(35-24)19-5-9-21(28)10-6-19/h3-10,13,15-17H,11-12,14H2,1-2H3,(H,31,34)/t16?,17-/m0/s1. The van der Waals surface area contributed by atoms with Gasteiger partial charge in [0.05, 0.1) is 16.3 Å². The Balaban J connectivity index is 1.30. The molecule has 1 aliphatic rings. The van der Waals surface area contributed by atoms with Gasteiger partial charge in [-0.15, -0.1) is 11.3 Å². The van der Waals surface area contributed by atoms with E-state index in [1.807, 2.05) is 24.8 Å². The van der Waals surface area contributed by atoms with Crippen LogP contribution >= 0.6 is 11.3 Å². The average Bonchev–Trinajstić information content (AvgIpc) is 3.29. The molecule has 5 rings (SSSR count). The van der Waals surface area contributed by atoms with Gasteiger partial charge in [-0.05, 0) is 55.3 Å². The number of thiophene rings is 1. The molecule has 2 aromatic heterocycles. The van der Waals surface area contributed by atoms with Gasteiger partial charge in [-0.25, -0.2) is 23.5 Å². The maximum absolute atomic E-state index is 13.3. The predicted molar refractivity (Wildman–Crippen MR) is 135 cm³/mol. The normalized spacial score (nSPS) is 17.0. The molecule has 4 aromatic rings. The number of nitrogens with zero attached hydrogens (tertiary/aromatic N) is 4. The predicted octanol–water partition coefficient (Wildman–Crippen LogP) is 5.62. The van der Waals surface area contributed by atoms with Crippen molar-refractivity contribution in [3.8, 4) is 10.4 Å². The summed E-state index contributed by atoms with van der Waals surface area (Å²) in [6.07, 6.45) is 1.56. The molecule has 1 fully saturated rings. The van der Waals surface area contributed by atoms with Gasteiger partial charge >= 0.3 is 6.03 Å². The molecule has 0 spiro atoms. The first-order chi connectivity index (χ1) is 16.9. The van der Waals surface area contributed by atoms with E-state index in [2.05, 4.69) is 20.2 Å². The number of aromatic nitrogens is 2. The zero-order valence-corrected chi connectivity index (χ0v) is 20.2. The number of hydrogen-bond donors (Lipinski definition) is 1. The summed E-state index contributed by atoms with van der Waals surface area (Å²) < 4.78 is 27.5. The molecule has 2 aromatic carbocycles. The minimum Gasteiger partial charge on any atom is -0.351 e. The molecular formula is C26H25F2N5OS. The van der Waals surface area contributed by atoms with E-state index in [1.165, 1.54) is 24.3 Å². The first-order valence-electron chi connectivity index (χ1n) is 11.5. The molecule has 2 amide bonds. The Morgan fingerprint density at radius 3 is 2.43 bits per heavy atom. The Morgan fingerprint density at radius 1 is 1.06 bits per heavy atom. The number of amides is 2. The fourth-order valence-corrected chi connectivity index (χ4v) is 5.51. The second-order valence-electron chi connectivity index (χ2n) is 8.74. The molecule has 1 N–H and O–H groups in total. The average molecular weight is 494 g/mol. The molecule has 9 heteroatoms. The third-order valence-corrected chi connectivity index (χ3v) is 7.49. The number of carbonyl (C=O) groups excluding carboxylic acids is 1. The highest BCUT2D eigenvalue weighted by atomic mass is 32.1. The highest BCUT2D eigenvalue weighted by Crippen LogP contribution is 2.37. The number of halogens is 2. The Labute approximate surface area is 206 Å². The highest BCUT2D eigenvalue weighted by molar-refractivity contribution is 7.22. The van der Waals surface area contributed by atoms with Crippen molar-refractivity contribution in [3.05, 3.63) is 78.1 Å². The van der Waals surface area contributed by atoms with Crippen LogP contribution in [0.2, 0.25) is 0 Å². The molecule has 35 heavy (non-hydrogen) atoms. The summed E-state index contributed by atoms with van der Waals surface area (Å²) in [5.74, 6) is 0.282. The second-order valence-corrected chi connectivity index (χ2v) is 9.79. The van der Waals surface area contributed by atoms with Gasteiger partial charge in [0, 0.05) is 30.6 Å². The van der Waals surface area contributed by atoms with E-state index in [9.17, 15) is 13.6 Å². The minimum atomic E-state index is -0.300. The van der Waals surface area contributed by atoms with Crippen molar-refractivity contribution in [1.29, 1.82) is 0 Å². The smallest absolute Gasteiger partial charge is 0.318 e. The van der Waals surface area contributed by atoms with Crippen LogP contribution in [0.5, 0.6) is 0 Å². The van der Waals surface area contributed by atoms with Gasteiger partial charge in [-0.3, -0.25) is 0 Å². The first-order valence-corrected chi connectivity index (χ1v) is 12.3. The van der Waals surface area contributed by atoms with Gasteiger partial charge < -0.3 is 15.1 Å². The second kappa shape index (κ2) is 9.58. The largest absolute Gasteiger partial charge is 0.351 e. The lowest BCUT2D eigenvalue weighted by molar-refractivity contribution is 0.168. The number of nitrogens with one attached hydrogen (secondary N) is 1. The van der Waals surface area contributed by atoms with Gasteiger partial charge in [0.15, 0.2) is 0 Å². The Hall–Kier alpha value is -3.59.